The van der Waals surface area contributed by atoms with E-state index in [2.05, 4.69) is 6.92 Å². The van der Waals surface area contributed by atoms with E-state index >= 15 is 0 Å². The van der Waals surface area contributed by atoms with E-state index in [1.807, 2.05) is 0 Å². The second-order valence-corrected chi connectivity index (χ2v) is 5.96. The molecule has 1 radical (unpaired) electrons. The predicted molar refractivity (Wildman–Crippen MR) is 86.7 cm³/mol. The normalized spacial score (nSPS) is 11.2. The van der Waals surface area contributed by atoms with Crippen molar-refractivity contribution in [3.8, 4) is 0 Å². The predicted octanol–water partition coefficient (Wildman–Crippen LogP) is 5.23. The first-order chi connectivity index (χ1) is 9.72. The molecule has 0 rings (SSSR count). The van der Waals surface area contributed by atoms with E-state index in [0.29, 0.717) is 5.92 Å². The molecule has 1 N–H and O–H groups in total. The van der Waals surface area contributed by atoms with Crippen LogP contribution >= 0.6 is 0 Å². The van der Waals surface area contributed by atoms with Crippen LogP contribution in [0.4, 0.5) is 0 Å². The summed E-state index contributed by atoms with van der Waals surface area (Å²) in [6.45, 7) is 3.75. The summed E-state index contributed by atoms with van der Waals surface area (Å²) in [6, 6.07) is 0. The number of hydrogen-bond donors (Lipinski definition) is 1. The Hall–Kier alpha value is -0.370. The maximum atomic E-state index is 11.1. The zero-order chi connectivity index (χ0) is 15.1. The van der Waals surface area contributed by atoms with E-state index in [-0.39, 0.29) is 12.4 Å². The zero-order valence-electron chi connectivity index (χ0n) is 13.8. The number of Topliss-reactive ketones (excluding diaryl/α,β-unsaturated/α-hetero) is 1. The van der Waals surface area contributed by atoms with Gasteiger partial charge >= 0.3 is 0 Å². The number of aliphatic hydroxyl groups excluding tert-OH is 1. The van der Waals surface area contributed by atoms with E-state index < -0.39 is 0 Å². The maximum Gasteiger partial charge on any atom is 0.139 e. The van der Waals surface area contributed by atoms with Crippen LogP contribution in [0, 0.1) is 5.92 Å². The lowest BCUT2D eigenvalue weighted by molar-refractivity contribution is -0.116. The van der Waals surface area contributed by atoms with Crippen LogP contribution in [-0.4, -0.2) is 17.5 Å². The molecule has 0 spiro atoms. The first-order valence-electron chi connectivity index (χ1n) is 8.68. The number of hydrogen-bond acceptors (Lipinski definition) is 2. The third kappa shape index (κ3) is 12.7. The minimum absolute atomic E-state index is 0.0515. The molecule has 0 amide bonds. The molecule has 0 aliphatic carbocycles. The number of ketones is 1. The Morgan fingerprint density at radius 2 is 1.15 bits per heavy atom. The van der Waals surface area contributed by atoms with E-state index in [4.69, 9.17) is 5.11 Å². The van der Waals surface area contributed by atoms with Gasteiger partial charge in [0, 0.05) is 0 Å². The smallest absolute Gasteiger partial charge is 0.139 e. The Morgan fingerprint density at radius 3 is 1.50 bits per heavy atom. The molecule has 0 heterocycles. The molecule has 2 heteroatoms. The first kappa shape index (κ1) is 19.6. The van der Waals surface area contributed by atoms with Gasteiger partial charge < -0.3 is 5.11 Å². The molecule has 0 saturated carbocycles. The molecule has 0 fully saturated rings. The zero-order valence-corrected chi connectivity index (χ0v) is 13.8. The summed E-state index contributed by atoms with van der Waals surface area (Å²) in [5, 5.41) is 9.02. The molecule has 0 saturated heterocycles. The molecule has 119 valence electrons. The first-order valence-corrected chi connectivity index (χ1v) is 8.68. The van der Waals surface area contributed by atoms with Crippen molar-refractivity contribution in [3.05, 3.63) is 5.92 Å². The monoisotopic (exact) mass is 283 g/mol. The van der Waals surface area contributed by atoms with Gasteiger partial charge in [-0.05, 0) is 13.3 Å². The van der Waals surface area contributed by atoms with Crippen LogP contribution in [0.15, 0.2) is 0 Å². The molecular weight excluding hydrogens is 248 g/mol. The highest BCUT2D eigenvalue weighted by molar-refractivity contribution is 5.89. The van der Waals surface area contributed by atoms with Crippen molar-refractivity contribution in [3.63, 3.8) is 0 Å². The molecule has 20 heavy (non-hydrogen) atoms. The lowest BCUT2D eigenvalue weighted by Crippen LogP contribution is -2.12. The lowest BCUT2D eigenvalue weighted by atomic mass is 9.97. The van der Waals surface area contributed by atoms with Gasteiger partial charge in [-0.15, -0.1) is 0 Å². The third-order valence-corrected chi connectivity index (χ3v) is 4.02. The highest BCUT2D eigenvalue weighted by Gasteiger charge is 2.12. The minimum atomic E-state index is -0.0621. The second kappa shape index (κ2) is 15.0. The Labute approximate surface area is 126 Å². The van der Waals surface area contributed by atoms with Crippen molar-refractivity contribution in [2.24, 2.45) is 0 Å². The van der Waals surface area contributed by atoms with Crippen molar-refractivity contribution in [2.75, 3.05) is 6.61 Å². The number of rotatable bonds is 15. The summed E-state index contributed by atoms with van der Waals surface area (Å²) in [4.78, 5) is 11.1. The summed E-state index contributed by atoms with van der Waals surface area (Å²) in [7, 11) is 0. The fourth-order valence-corrected chi connectivity index (χ4v) is 2.55. The van der Waals surface area contributed by atoms with Crippen LogP contribution in [0.5, 0.6) is 0 Å². The van der Waals surface area contributed by atoms with Crippen molar-refractivity contribution < 1.29 is 9.90 Å². The highest BCUT2D eigenvalue weighted by Crippen LogP contribution is 2.15. The van der Waals surface area contributed by atoms with Gasteiger partial charge in [0.15, 0.2) is 0 Å². The molecule has 0 bridgehead atoms. The molecular formula is C18H35O2. The van der Waals surface area contributed by atoms with Gasteiger partial charge in [-0.2, -0.15) is 0 Å². The van der Waals surface area contributed by atoms with Crippen molar-refractivity contribution in [1.29, 1.82) is 0 Å². The molecule has 0 unspecified atom stereocenters. The highest BCUT2D eigenvalue weighted by atomic mass is 16.3. The molecule has 0 aromatic heterocycles. The Kier molecular flexibility index (Phi) is 14.7. The number of carbonyl (C=O) groups excluding carboxylic acids is 1. The number of carbonyl (C=O) groups is 1. The van der Waals surface area contributed by atoms with Crippen LogP contribution in [0.1, 0.15) is 97.3 Å². The molecule has 0 aliphatic rings. The second-order valence-electron chi connectivity index (χ2n) is 5.96. The summed E-state index contributed by atoms with van der Waals surface area (Å²) < 4.78 is 0. The standard InChI is InChI=1S/C18H35O2/c1-3-4-5-6-7-8-9-10-11-12-13-14-15-18(16-19)17(2)20/h19H,3-16H2,1-2H3. The maximum absolute atomic E-state index is 11.1. The van der Waals surface area contributed by atoms with Crippen molar-refractivity contribution in [2.45, 2.75) is 97.3 Å². The van der Waals surface area contributed by atoms with Gasteiger partial charge in [0.2, 0.25) is 0 Å². The van der Waals surface area contributed by atoms with Crippen molar-refractivity contribution >= 4 is 5.78 Å². The molecule has 0 atom stereocenters. The molecule has 0 aromatic rings. The van der Waals surface area contributed by atoms with Gasteiger partial charge in [-0.25, -0.2) is 0 Å². The fourth-order valence-electron chi connectivity index (χ4n) is 2.55. The molecule has 2 nitrogen and oxygen atoms in total. The van der Waals surface area contributed by atoms with E-state index in [1.165, 1.54) is 70.6 Å². The average Bonchev–Trinajstić information content (AvgIpc) is 2.43. The van der Waals surface area contributed by atoms with Crippen molar-refractivity contribution in [1.82, 2.24) is 0 Å². The summed E-state index contributed by atoms with van der Waals surface area (Å²) in [5.41, 5.74) is 0. The van der Waals surface area contributed by atoms with Crippen LogP contribution in [0.2, 0.25) is 0 Å². The largest absolute Gasteiger partial charge is 0.395 e. The fraction of sp³-hybridized carbons (Fsp3) is 0.889. The van der Waals surface area contributed by atoms with Crippen LogP contribution in [0.25, 0.3) is 0 Å². The van der Waals surface area contributed by atoms with Gasteiger partial charge in [0.05, 0.1) is 12.5 Å². The van der Waals surface area contributed by atoms with Gasteiger partial charge in [0.1, 0.15) is 5.78 Å². The minimum Gasteiger partial charge on any atom is -0.395 e. The quantitative estimate of drug-likeness (QED) is 0.418. The number of unbranched alkanes of at least 4 members (excludes halogenated alkanes) is 11. The van der Waals surface area contributed by atoms with E-state index in [1.54, 1.807) is 6.92 Å². The molecule has 0 aromatic carbocycles. The van der Waals surface area contributed by atoms with E-state index in [0.717, 1.165) is 12.8 Å². The Balaban J connectivity index is 3.15. The van der Waals surface area contributed by atoms with Gasteiger partial charge in [0.25, 0.3) is 0 Å². The van der Waals surface area contributed by atoms with Crippen LogP contribution < -0.4 is 0 Å². The SMILES string of the molecule is CCCCCCCCCCCCCC[C](CO)C(C)=O. The summed E-state index contributed by atoms with van der Waals surface area (Å²) in [6.07, 6.45) is 16.7. The van der Waals surface area contributed by atoms with Crippen LogP contribution in [-0.2, 0) is 4.79 Å². The van der Waals surface area contributed by atoms with Gasteiger partial charge in [-0.1, -0.05) is 84.0 Å². The topological polar surface area (TPSA) is 37.3 Å². The third-order valence-electron chi connectivity index (χ3n) is 4.02. The van der Waals surface area contributed by atoms with Crippen LogP contribution in [0.3, 0.4) is 0 Å². The lowest BCUT2D eigenvalue weighted by Gasteiger charge is -2.08. The molecule has 0 aliphatic heterocycles. The Morgan fingerprint density at radius 1 is 0.750 bits per heavy atom. The Bertz CT molecular complexity index is 213. The summed E-state index contributed by atoms with van der Waals surface area (Å²) >= 11 is 0. The average molecular weight is 283 g/mol. The summed E-state index contributed by atoms with van der Waals surface area (Å²) in [5.74, 6) is 0.743. The van der Waals surface area contributed by atoms with E-state index in [9.17, 15) is 4.79 Å². The van der Waals surface area contributed by atoms with Gasteiger partial charge in [-0.3, -0.25) is 4.79 Å². The number of aliphatic hydroxyl groups is 1.